The molecule has 21 heavy (non-hydrogen) atoms. The standard InChI is InChI=1S/C14H17F2NO2S2/c1-8-6-11(7-9(2)20-8)21(18,19)17-13-5-4-12(15)14(16)10(13)3/h4-6,9,11,17H,7H2,1-3H3. The van der Waals surface area contributed by atoms with Crippen LogP contribution in [0.4, 0.5) is 14.5 Å². The normalized spacial score (nSPS) is 22.8. The maximum atomic E-state index is 13.5. The number of benzene rings is 1. The van der Waals surface area contributed by atoms with Crippen LogP contribution in [-0.4, -0.2) is 18.9 Å². The number of anilines is 1. The molecule has 0 aliphatic carbocycles. The van der Waals surface area contributed by atoms with Crippen molar-refractivity contribution in [2.45, 2.75) is 37.7 Å². The van der Waals surface area contributed by atoms with Gasteiger partial charge >= 0.3 is 0 Å². The lowest BCUT2D eigenvalue weighted by Gasteiger charge is -2.25. The molecule has 7 heteroatoms. The summed E-state index contributed by atoms with van der Waals surface area (Å²) < 4.78 is 53.8. The molecule has 1 aromatic rings. The topological polar surface area (TPSA) is 46.2 Å². The molecule has 0 bridgehead atoms. The largest absolute Gasteiger partial charge is 0.283 e. The third kappa shape index (κ3) is 3.58. The Balaban J connectivity index is 2.30. The summed E-state index contributed by atoms with van der Waals surface area (Å²) in [4.78, 5) is 0.950. The van der Waals surface area contributed by atoms with Crippen LogP contribution in [0.1, 0.15) is 25.8 Å². The second-order valence-corrected chi connectivity index (χ2v) is 8.74. The summed E-state index contributed by atoms with van der Waals surface area (Å²) in [6.45, 7) is 5.18. The van der Waals surface area contributed by atoms with Crippen LogP contribution in [0.15, 0.2) is 23.1 Å². The van der Waals surface area contributed by atoms with Crippen molar-refractivity contribution in [2.75, 3.05) is 4.72 Å². The van der Waals surface area contributed by atoms with E-state index >= 15 is 0 Å². The van der Waals surface area contributed by atoms with Crippen molar-refractivity contribution in [3.05, 3.63) is 40.3 Å². The van der Waals surface area contributed by atoms with Crippen molar-refractivity contribution >= 4 is 27.5 Å². The van der Waals surface area contributed by atoms with Crippen LogP contribution < -0.4 is 4.72 Å². The number of allylic oxidation sites excluding steroid dienone is 1. The fraction of sp³-hybridized carbons (Fsp3) is 0.429. The molecule has 0 saturated carbocycles. The summed E-state index contributed by atoms with van der Waals surface area (Å²) in [5.41, 5.74) is 0.0309. The number of thioether (sulfide) groups is 1. The van der Waals surface area contributed by atoms with Crippen LogP contribution in [-0.2, 0) is 10.0 Å². The predicted molar refractivity (Wildman–Crippen MR) is 82.9 cm³/mol. The average Bonchev–Trinajstić information content (AvgIpc) is 2.38. The molecule has 2 rings (SSSR count). The van der Waals surface area contributed by atoms with Gasteiger partial charge in [0.15, 0.2) is 11.6 Å². The van der Waals surface area contributed by atoms with E-state index in [1.54, 1.807) is 17.8 Å². The highest BCUT2D eigenvalue weighted by Gasteiger charge is 2.29. The zero-order valence-electron chi connectivity index (χ0n) is 12.0. The van der Waals surface area contributed by atoms with Crippen LogP contribution in [0, 0.1) is 18.6 Å². The van der Waals surface area contributed by atoms with Crippen LogP contribution in [0.25, 0.3) is 0 Å². The molecule has 2 atom stereocenters. The second-order valence-electron chi connectivity index (χ2n) is 5.16. The molecule has 0 spiro atoms. The first-order valence-corrected chi connectivity index (χ1v) is 8.94. The van der Waals surface area contributed by atoms with Crippen molar-refractivity contribution in [3.63, 3.8) is 0 Å². The predicted octanol–water partition coefficient (Wildman–Crippen LogP) is 3.81. The molecule has 3 nitrogen and oxygen atoms in total. The van der Waals surface area contributed by atoms with Crippen LogP contribution >= 0.6 is 11.8 Å². The van der Waals surface area contributed by atoms with Crippen molar-refractivity contribution in [2.24, 2.45) is 0 Å². The molecule has 0 amide bonds. The average molecular weight is 333 g/mol. The van der Waals surface area contributed by atoms with Gasteiger partial charge in [-0.2, -0.15) is 0 Å². The summed E-state index contributed by atoms with van der Waals surface area (Å²) >= 11 is 1.63. The Labute approximate surface area is 127 Å². The molecule has 1 aliphatic rings. The zero-order valence-corrected chi connectivity index (χ0v) is 13.6. The molecule has 1 aliphatic heterocycles. The molecule has 1 heterocycles. The Hall–Kier alpha value is -1.08. The third-order valence-corrected chi connectivity index (χ3v) is 6.09. The van der Waals surface area contributed by atoms with Gasteiger partial charge in [0.2, 0.25) is 10.0 Å². The van der Waals surface area contributed by atoms with Gasteiger partial charge in [-0.3, -0.25) is 4.72 Å². The minimum Gasteiger partial charge on any atom is -0.283 e. The quantitative estimate of drug-likeness (QED) is 0.915. The summed E-state index contributed by atoms with van der Waals surface area (Å²) in [6.07, 6.45) is 2.18. The fourth-order valence-electron chi connectivity index (χ4n) is 2.27. The van der Waals surface area contributed by atoms with Gasteiger partial charge in [-0.15, -0.1) is 11.8 Å². The van der Waals surface area contributed by atoms with Gasteiger partial charge < -0.3 is 0 Å². The third-order valence-electron chi connectivity index (χ3n) is 3.36. The fourth-order valence-corrected chi connectivity index (χ4v) is 5.26. The number of sulfonamides is 1. The van der Waals surface area contributed by atoms with E-state index in [4.69, 9.17) is 0 Å². The number of hydrogen-bond donors (Lipinski definition) is 1. The second kappa shape index (κ2) is 5.96. The Bertz CT molecular complexity index is 686. The molecule has 1 N–H and O–H groups in total. The van der Waals surface area contributed by atoms with Crippen LogP contribution in [0.2, 0.25) is 0 Å². The lowest BCUT2D eigenvalue weighted by Crippen LogP contribution is -2.31. The smallest absolute Gasteiger partial charge is 0.239 e. The minimum atomic E-state index is -3.68. The minimum absolute atomic E-state index is 0.0440. The first-order valence-electron chi connectivity index (χ1n) is 6.52. The van der Waals surface area contributed by atoms with Gasteiger partial charge in [0, 0.05) is 10.8 Å². The summed E-state index contributed by atoms with van der Waals surface area (Å²) in [5, 5.41) is -0.469. The van der Waals surface area contributed by atoms with Gasteiger partial charge in [0.05, 0.1) is 5.69 Å². The van der Waals surface area contributed by atoms with Gasteiger partial charge in [0.1, 0.15) is 5.25 Å². The van der Waals surface area contributed by atoms with E-state index in [1.807, 2.05) is 13.8 Å². The number of rotatable bonds is 3. The Morgan fingerprint density at radius 2 is 1.95 bits per heavy atom. The molecule has 0 radical (unpaired) electrons. The number of halogens is 2. The van der Waals surface area contributed by atoms with Crippen LogP contribution in [0.3, 0.4) is 0 Å². The van der Waals surface area contributed by atoms with Crippen molar-refractivity contribution < 1.29 is 17.2 Å². The Kier molecular flexibility index (Phi) is 4.63. The molecule has 116 valence electrons. The first kappa shape index (κ1) is 16.3. The van der Waals surface area contributed by atoms with Gasteiger partial charge in [-0.05, 0) is 37.3 Å². The van der Waals surface area contributed by atoms with Crippen LogP contribution in [0.5, 0.6) is 0 Å². The molecule has 0 aromatic heterocycles. The highest BCUT2D eigenvalue weighted by atomic mass is 32.2. The molecule has 0 fully saturated rings. The molecular weight excluding hydrogens is 316 g/mol. The number of hydrogen-bond acceptors (Lipinski definition) is 3. The lowest BCUT2D eigenvalue weighted by atomic mass is 10.2. The van der Waals surface area contributed by atoms with E-state index in [9.17, 15) is 17.2 Å². The number of nitrogens with one attached hydrogen (secondary N) is 1. The SMILES string of the molecule is CC1=CC(S(=O)(=O)Nc2ccc(F)c(F)c2C)CC(C)S1. The van der Waals surface area contributed by atoms with E-state index in [0.29, 0.717) is 6.42 Å². The van der Waals surface area contributed by atoms with Crippen molar-refractivity contribution in [1.82, 2.24) is 0 Å². The molecular formula is C14H17F2NO2S2. The first-order chi connectivity index (χ1) is 9.70. The van der Waals surface area contributed by atoms with Crippen molar-refractivity contribution in [3.8, 4) is 0 Å². The Morgan fingerprint density at radius 3 is 2.57 bits per heavy atom. The van der Waals surface area contributed by atoms with Gasteiger partial charge in [-0.1, -0.05) is 13.0 Å². The maximum Gasteiger partial charge on any atom is 0.239 e. The van der Waals surface area contributed by atoms with E-state index < -0.39 is 26.9 Å². The highest BCUT2D eigenvalue weighted by Crippen LogP contribution is 2.33. The van der Waals surface area contributed by atoms with Gasteiger partial charge in [0.25, 0.3) is 0 Å². The summed E-state index contributed by atoms with van der Waals surface area (Å²) in [7, 11) is -3.68. The highest BCUT2D eigenvalue weighted by molar-refractivity contribution is 8.03. The monoisotopic (exact) mass is 333 g/mol. The van der Waals surface area contributed by atoms with E-state index in [-0.39, 0.29) is 16.5 Å². The van der Waals surface area contributed by atoms with Gasteiger partial charge in [-0.25, -0.2) is 17.2 Å². The molecule has 1 aromatic carbocycles. The van der Waals surface area contributed by atoms with Crippen molar-refractivity contribution in [1.29, 1.82) is 0 Å². The summed E-state index contributed by atoms with van der Waals surface area (Å²) in [5.74, 6) is -2.02. The van der Waals surface area contributed by atoms with E-state index in [1.165, 1.54) is 13.0 Å². The van der Waals surface area contributed by atoms with E-state index in [0.717, 1.165) is 11.0 Å². The maximum absolute atomic E-state index is 13.5. The van der Waals surface area contributed by atoms with E-state index in [2.05, 4.69) is 4.72 Å². The lowest BCUT2D eigenvalue weighted by molar-refractivity contribution is 0.503. The molecule has 0 saturated heterocycles. The molecule has 2 unspecified atom stereocenters. The zero-order chi connectivity index (χ0) is 15.8. The summed E-state index contributed by atoms with van der Waals surface area (Å²) in [6, 6.07) is 2.16. The Morgan fingerprint density at radius 1 is 1.29 bits per heavy atom.